The maximum absolute atomic E-state index is 12.9. The monoisotopic (exact) mass is 529 g/mol. The maximum atomic E-state index is 12.9. The molecule has 1 saturated heterocycles. The van der Waals surface area contributed by atoms with Gasteiger partial charge in [-0.25, -0.2) is 23.7 Å². The second kappa shape index (κ2) is 10.7. The van der Waals surface area contributed by atoms with Crippen LogP contribution in [0.3, 0.4) is 0 Å². The van der Waals surface area contributed by atoms with Crippen LogP contribution in [-0.2, 0) is 6.18 Å². The van der Waals surface area contributed by atoms with Gasteiger partial charge in [-0.2, -0.15) is 17.5 Å². The molecule has 9 nitrogen and oxygen atoms in total. The van der Waals surface area contributed by atoms with Crippen LogP contribution in [-0.4, -0.2) is 62.3 Å². The third-order valence-corrected chi connectivity index (χ3v) is 6.03. The lowest BCUT2D eigenvalue weighted by Crippen LogP contribution is -2.29. The Hall–Kier alpha value is -3.46. The number of pyridine rings is 1. The second-order valence-corrected chi connectivity index (χ2v) is 8.67. The molecule has 0 spiro atoms. The molecule has 1 fully saturated rings. The predicted octanol–water partition coefficient (Wildman–Crippen LogP) is 4.37. The molecule has 2 N–H and O–H groups in total. The van der Waals surface area contributed by atoms with Crippen molar-refractivity contribution in [1.82, 2.24) is 24.2 Å². The fourth-order valence-corrected chi connectivity index (χ4v) is 4.32. The van der Waals surface area contributed by atoms with E-state index in [9.17, 15) is 26.7 Å². The Morgan fingerprint density at radius 2 is 2.03 bits per heavy atom. The summed E-state index contributed by atoms with van der Waals surface area (Å²) in [4.78, 5) is 25.7. The van der Waals surface area contributed by atoms with Gasteiger partial charge in [0.1, 0.15) is 16.9 Å². The van der Waals surface area contributed by atoms with Gasteiger partial charge in [0.25, 0.3) is 12.3 Å². The molecule has 36 heavy (non-hydrogen) atoms. The number of rotatable bonds is 8. The standard InChI is InChI=1S/C21H20F5N7O2S/c1-11-18(20(36-32-11)31-16-8-27-14(7-28-16)21(24,25)26)19(34)30-12-2-3-17(29-6-12)35-13-4-5-33(9-13)10-15(22)23/h2-3,6-8,13,15H,4-5,9-10H2,1H3,(H,28,31)(H,30,34). The topological polar surface area (TPSA) is 105 Å². The number of nitrogens with one attached hydrogen (secondary N) is 2. The van der Waals surface area contributed by atoms with Crippen LogP contribution in [0, 0.1) is 6.92 Å². The Morgan fingerprint density at radius 3 is 2.67 bits per heavy atom. The van der Waals surface area contributed by atoms with Crippen LogP contribution in [0.5, 0.6) is 5.88 Å². The zero-order valence-corrected chi connectivity index (χ0v) is 19.5. The summed E-state index contributed by atoms with van der Waals surface area (Å²) in [5.74, 6) is -0.200. The summed E-state index contributed by atoms with van der Waals surface area (Å²) in [5.41, 5.74) is -0.178. The van der Waals surface area contributed by atoms with Crippen LogP contribution in [0.2, 0.25) is 0 Å². The molecule has 1 unspecified atom stereocenters. The molecule has 0 radical (unpaired) electrons. The van der Waals surface area contributed by atoms with Gasteiger partial charge in [-0.05, 0) is 30.9 Å². The van der Waals surface area contributed by atoms with Gasteiger partial charge < -0.3 is 15.4 Å². The van der Waals surface area contributed by atoms with Crippen molar-refractivity contribution in [2.75, 3.05) is 30.3 Å². The molecule has 0 aromatic carbocycles. The van der Waals surface area contributed by atoms with Crippen molar-refractivity contribution in [2.24, 2.45) is 0 Å². The number of likely N-dealkylation sites (tertiary alicyclic amines) is 1. The number of halogens is 5. The fourth-order valence-electron chi connectivity index (χ4n) is 3.52. The van der Waals surface area contributed by atoms with Gasteiger partial charge in [-0.3, -0.25) is 9.69 Å². The highest BCUT2D eigenvalue weighted by molar-refractivity contribution is 7.10. The van der Waals surface area contributed by atoms with Crippen LogP contribution in [0.15, 0.2) is 30.7 Å². The van der Waals surface area contributed by atoms with E-state index in [4.69, 9.17) is 4.74 Å². The van der Waals surface area contributed by atoms with E-state index in [2.05, 4.69) is 30.0 Å². The van der Waals surface area contributed by atoms with E-state index in [0.29, 0.717) is 43.0 Å². The third-order valence-electron chi connectivity index (χ3n) is 5.18. The number of hydrogen-bond acceptors (Lipinski definition) is 9. The summed E-state index contributed by atoms with van der Waals surface area (Å²) in [7, 11) is 0. The van der Waals surface area contributed by atoms with Crippen LogP contribution in [0.25, 0.3) is 0 Å². The molecule has 0 bridgehead atoms. The zero-order chi connectivity index (χ0) is 25.9. The normalized spacial score (nSPS) is 16.4. The number of amides is 1. The van der Waals surface area contributed by atoms with Gasteiger partial charge in [0.2, 0.25) is 5.88 Å². The summed E-state index contributed by atoms with van der Waals surface area (Å²) in [5, 5.41) is 5.73. The van der Waals surface area contributed by atoms with E-state index in [-0.39, 0.29) is 29.0 Å². The number of anilines is 3. The highest BCUT2D eigenvalue weighted by atomic mass is 32.1. The molecular formula is C21H20F5N7O2S. The molecule has 192 valence electrons. The summed E-state index contributed by atoms with van der Waals surface area (Å²) in [6, 6.07) is 3.14. The largest absolute Gasteiger partial charge is 0.473 e. The SMILES string of the molecule is Cc1nsc(Nc2cnc(C(F)(F)F)cn2)c1C(=O)Nc1ccc(OC2CCN(CC(F)F)C2)nc1. The number of alkyl halides is 5. The lowest BCUT2D eigenvalue weighted by Gasteiger charge is -2.16. The van der Waals surface area contributed by atoms with E-state index in [1.165, 1.54) is 6.20 Å². The molecule has 3 aromatic rings. The van der Waals surface area contributed by atoms with Gasteiger partial charge in [-0.15, -0.1) is 0 Å². The first-order chi connectivity index (χ1) is 17.1. The van der Waals surface area contributed by atoms with Crippen molar-refractivity contribution >= 4 is 33.9 Å². The number of aromatic nitrogens is 4. The Kier molecular flexibility index (Phi) is 7.59. The van der Waals surface area contributed by atoms with E-state index < -0.39 is 24.2 Å². The van der Waals surface area contributed by atoms with Crippen molar-refractivity contribution in [1.29, 1.82) is 0 Å². The van der Waals surface area contributed by atoms with Crippen molar-refractivity contribution in [2.45, 2.75) is 32.1 Å². The van der Waals surface area contributed by atoms with Crippen molar-refractivity contribution < 1.29 is 31.5 Å². The molecule has 0 saturated carbocycles. The van der Waals surface area contributed by atoms with Gasteiger partial charge in [-0.1, -0.05) is 0 Å². The number of hydrogen-bond donors (Lipinski definition) is 2. The summed E-state index contributed by atoms with van der Waals surface area (Å²) in [6.45, 7) is 2.22. The highest BCUT2D eigenvalue weighted by Gasteiger charge is 2.33. The fraction of sp³-hybridized carbons (Fsp3) is 0.381. The molecule has 0 aliphatic carbocycles. The molecule has 1 amide bonds. The lowest BCUT2D eigenvalue weighted by molar-refractivity contribution is -0.141. The summed E-state index contributed by atoms with van der Waals surface area (Å²) >= 11 is 0.945. The number of carbonyl (C=O) groups excluding carboxylic acids is 1. The van der Waals surface area contributed by atoms with Crippen LogP contribution < -0.4 is 15.4 Å². The number of nitrogens with zero attached hydrogens (tertiary/aromatic N) is 5. The van der Waals surface area contributed by atoms with E-state index in [1.807, 2.05) is 0 Å². The maximum Gasteiger partial charge on any atom is 0.434 e. The van der Waals surface area contributed by atoms with E-state index in [0.717, 1.165) is 17.7 Å². The first-order valence-corrected chi connectivity index (χ1v) is 11.4. The van der Waals surface area contributed by atoms with Crippen LogP contribution in [0.1, 0.15) is 28.2 Å². The molecule has 1 aliphatic rings. The molecule has 4 heterocycles. The van der Waals surface area contributed by atoms with Crippen LogP contribution in [0.4, 0.5) is 38.5 Å². The Morgan fingerprint density at radius 1 is 1.22 bits per heavy atom. The first-order valence-electron chi connectivity index (χ1n) is 10.7. The molecule has 1 aliphatic heterocycles. The number of aryl methyl sites for hydroxylation is 1. The molecule has 3 aromatic heterocycles. The summed E-state index contributed by atoms with van der Waals surface area (Å²) < 4.78 is 73.0. The van der Waals surface area contributed by atoms with Gasteiger partial charge in [0.05, 0.1) is 42.1 Å². The first kappa shape index (κ1) is 25.6. The minimum atomic E-state index is -4.61. The van der Waals surface area contributed by atoms with Crippen molar-refractivity contribution in [3.8, 4) is 5.88 Å². The number of ether oxygens (including phenoxy) is 1. The average Bonchev–Trinajstić information content (AvgIpc) is 3.40. The summed E-state index contributed by atoms with van der Waals surface area (Å²) in [6.07, 6.45) is -3.76. The molecule has 15 heteroatoms. The minimum absolute atomic E-state index is 0.0166. The van der Waals surface area contributed by atoms with Crippen molar-refractivity contribution in [3.63, 3.8) is 0 Å². The second-order valence-electron chi connectivity index (χ2n) is 7.90. The van der Waals surface area contributed by atoms with Crippen LogP contribution >= 0.6 is 11.5 Å². The average molecular weight is 529 g/mol. The van der Waals surface area contributed by atoms with E-state index in [1.54, 1.807) is 24.0 Å². The van der Waals surface area contributed by atoms with E-state index >= 15 is 0 Å². The zero-order valence-electron chi connectivity index (χ0n) is 18.7. The Bertz CT molecular complexity index is 1190. The van der Waals surface area contributed by atoms with Crippen molar-refractivity contribution in [3.05, 3.63) is 47.7 Å². The molecular weight excluding hydrogens is 509 g/mol. The van der Waals surface area contributed by atoms with Gasteiger partial charge in [0, 0.05) is 19.2 Å². The van der Waals surface area contributed by atoms with Gasteiger partial charge in [0.15, 0.2) is 5.69 Å². The highest BCUT2D eigenvalue weighted by Crippen LogP contribution is 2.30. The van der Waals surface area contributed by atoms with Gasteiger partial charge >= 0.3 is 6.18 Å². The number of carbonyl (C=O) groups is 1. The predicted molar refractivity (Wildman–Crippen MR) is 121 cm³/mol. The molecule has 4 rings (SSSR count). The Labute approximate surface area is 205 Å². The minimum Gasteiger partial charge on any atom is -0.473 e. The quantitative estimate of drug-likeness (QED) is 0.415. The third kappa shape index (κ3) is 6.40. The smallest absolute Gasteiger partial charge is 0.434 e. The Balaban J connectivity index is 1.37. The lowest BCUT2D eigenvalue weighted by atomic mass is 10.2. The molecule has 1 atom stereocenters.